The van der Waals surface area contributed by atoms with Gasteiger partial charge in [-0.25, -0.2) is 9.48 Å². The normalized spacial score (nSPS) is 11.7. The fraction of sp³-hybridized carbons (Fsp3) is 0.615. The fourth-order valence-electron chi connectivity index (χ4n) is 2.04. The highest BCUT2D eigenvalue weighted by atomic mass is 16.5. The minimum Gasteiger partial charge on any atom is -0.461 e. The zero-order valence-electron chi connectivity index (χ0n) is 12.9. The van der Waals surface area contributed by atoms with Crippen LogP contribution in [0, 0.1) is 6.92 Å². The maximum atomic E-state index is 12.0. The fourth-order valence-corrected chi connectivity index (χ4v) is 2.04. The Kier molecular flexibility index (Phi) is 4.06. The Bertz CT molecular complexity index is 639. The van der Waals surface area contributed by atoms with Crippen molar-refractivity contribution in [3.8, 4) is 0 Å². The van der Waals surface area contributed by atoms with Crippen molar-refractivity contribution in [2.24, 2.45) is 0 Å². The van der Waals surface area contributed by atoms with Gasteiger partial charge >= 0.3 is 5.97 Å². The van der Waals surface area contributed by atoms with Crippen LogP contribution in [-0.2, 0) is 16.7 Å². The SMILES string of the molecule is CCOC(=O)c1nnn(Cc2nc(C)no2)c1C(C)(C)C. The molecule has 2 heterocycles. The molecule has 0 spiro atoms. The molecule has 8 nitrogen and oxygen atoms in total. The molecule has 0 radical (unpaired) electrons. The predicted molar refractivity (Wildman–Crippen MR) is 72.8 cm³/mol. The first-order chi connectivity index (χ1) is 9.82. The maximum Gasteiger partial charge on any atom is 0.360 e. The molecule has 0 aliphatic rings. The number of rotatable bonds is 4. The third-order valence-electron chi connectivity index (χ3n) is 2.77. The topological polar surface area (TPSA) is 95.9 Å². The monoisotopic (exact) mass is 293 g/mol. The lowest BCUT2D eigenvalue weighted by molar-refractivity contribution is 0.0516. The summed E-state index contributed by atoms with van der Waals surface area (Å²) in [5.41, 5.74) is 0.568. The van der Waals surface area contributed by atoms with Crippen LogP contribution in [0.5, 0.6) is 0 Å². The van der Waals surface area contributed by atoms with Crippen LogP contribution >= 0.6 is 0 Å². The van der Waals surface area contributed by atoms with Gasteiger partial charge in [0.2, 0.25) is 5.89 Å². The summed E-state index contributed by atoms with van der Waals surface area (Å²) >= 11 is 0. The first kappa shape index (κ1) is 15.1. The molecule has 2 rings (SSSR count). The van der Waals surface area contributed by atoms with Crippen molar-refractivity contribution in [1.29, 1.82) is 0 Å². The van der Waals surface area contributed by atoms with Gasteiger partial charge < -0.3 is 9.26 Å². The third-order valence-corrected chi connectivity index (χ3v) is 2.77. The zero-order chi connectivity index (χ0) is 15.6. The highest BCUT2D eigenvalue weighted by Gasteiger charge is 2.30. The first-order valence-corrected chi connectivity index (χ1v) is 6.73. The summed E-state index contributed by atoms with van der Waals surface area (Å²) in [7, 11) is 0. The van der Waals surface area contributed by atoms with Crippen molar-refractivity contribution in [3.05, 3.63) is 23.1 Å². The molecular weight excluding hydrogens is 274 g/mol. The van der Waals surface area contributed by atoms with Crippen LogP contribution < -0.4 is 0 Å². The molecule has 0 aromatic carbocycles. The second-order valence-corrected chi connectivity index (χ2v) is 5.65. The average Bonchev–Trinajstić information content (AvgIpc) is 2.96. The largest absolute Gasteiger partial charge is 0.461 e. The summed E-state index contributed by atoms with van der Waals surface area (Å²) in [4.78, 5) is 16.1. The number of carbonyl (C=O) groups excluding carboxylic acids is 1. The maximum absolute atomic E-state index is 12.0. The predicted octanol–water partition coefficient (Wildman–Crippen LogP) is 1.49. The molecule has 8 heteroatoms. The van der Waals surface area contributed by atoms with Gasteiger partial charge in [-0.2, -0.15) is 4.98 Å². The molecule has 0 saturated heterocycles. The number of aryl methyl sites for hydroxylation is 1. The molecule has 21 heavy (non-hydrogen) atoms. The van der Waals surface area contributed by atoms with Gasteiger partial charge in [0, 0.05) is 5.41 Å². The van der Waals surface area contributed by atoms with Gasteiger partial charge in [-0.1, -0.05) is 31.1 Å². The standard InChI is InChI=1S/C13H19N5O3/c1-6-20-12(19)10-11(13(3,4)5)18(17-15-10)7-9-14-8(2)16-21-9/h6-7H2,1-5H3. The van der Waals surface area contributed by atoms with E-state index in [2.05, 4.69) is 20.5 Å². The van der Waals surface area contributed by atoms with Crippen molar-refractivity contribution in [1.82, 2.24) is 25.1 Å². The summed E-state index contributed by atoms with van der Waals surface area (Å²) in [6.45, 7) is 9.97. The van der Waals surface area contributed by atoms with Crippen molar-refractivity contribution in [2.75, 3.05) is 6.61 Å². The van der Waals surface area contributed by atoms with E-state index in [0.717, 1.165) is 0 Å². The van der Waals surface area contributed by atoms with Crippen molar-refractivity contribution in [3.63, 3.8) is 0 Å². The van der Waals surface area contributed by atoms with Crippen LogP contribution in [0.3, 0.4) is 0 Å². The molecule has 0 aliphatic heterocycles. The van der Waals surface area contributed by atoms with Crippen LogP contribution in [-0.4, -0.2) is 37.7 Å². The van der Waals surface area contributed by atoms with Crippen LogP contribution in [0.15, 0.2) is 4.52 Å². The van der Waals surface area contributed by atoms with Crippen LogP contribution in [0.2, 0.25) is 0 Å². The number of nitrogens with zero attached hydrogens (tertiary/aromatic N) is 5. The van der Waals surface area contributed by atoms with E-state index in [4.69, 9.17) is 9.26 Å². The van der Waals surface area contributed by atoms with Gasteiger partial charge in [-0.05, 0) is 13.8 Å². The second-order valence-electron chi connectivity index (χ2n) is 5.65. The van der Waals surface area contributed by atoms with Gasteiger partial charge in [0.1, 0.15) is 6.54 Å². The molecule has 0 N–H and O–H groups in total. The van der Waals surface area contributed by atoms with Crippen molar-refractivity contribution in [2.45, 2.75) is 46.6 Å². The van der Waals surface area contributed by atoms with Gasteiger partial charge in [0.05, 0.1) is 12.3 Å². The van der Waals surface area contributed by atoms with E-state index in [0.29, 0.717) is 17.4 Å². The van der Waals surface area contributed by atoms with E-state index in [-0.39, 0.29) is 24.3 Å². The Labute approximate surface area is 122 Å². The first-order valence-electron chi connectivity index (χ1n) is 6.73. The van der Waals surface area contributed by atoms with E-state index < -0.39 is 5.97 Å². The number of hydrogen-bond donors (Lipinski definition) is 0. The van der Waals surface area contributed by atoms with E-state index in [9.17, 15) is 4.79 Å². The van der Waals surface area contributed by atoms with Gasteiger partial charge in [0.25, 0.3) is 0 Å². The number of aromatic nitrogens is 5. The Hall–Kier alpha value is -2.25. The van der Waals surface area contributed by atoms with E-state index in [1.54, 1.807) is 18.5 Å². The number of esters is 1. The van der Waals surface area contributed by atoms with Crippen LogP contribution in [0.1, 0.15) is 55.6 Å². The molecule has 114 valence electrons. The average molecular weight is 293 g/mol. The summed E-state index contributed by atoms with van der Waals surface area (Å²) in [6.07, 6.45) is 0. The number of hydrogen-bond acceptors (Lipinski definition) is 7. The molecular formula is C13H19N5O3. The highest BCUT2D eigenvalue weighted by Crippen LogP contribution is 2.25. The number of carbonyl (C=O) groups is 1. The minimum absolute atomic E-state index is 0.223. The third kappa shape index (κ3) is 3.26. The Balaban J connectivity index is 2.39. The lowest BCUT2D eigenvalue weighted by Crippen LogP contribution is -2.23. The van der Waals surface area contributed by atoms with E-state index in [1.165, 1.54) is 0 Å². The molecule has 0 amide bonds. The molecule has 2 aromatic rings. The van der Waals surface area contributed by atoms with E-state index >= 15 is 0 Å². The second kappa shape index (κ2) is 5.63. The zero-order valence-corrected chi connectivity index (χ0v) is 12.9. The molecule has 0 saturated carbocycles. The Morgan fingerprint density at radius 1 is 1.38 bits per heavy atom. The summed E-state index contributed by atoms with van der Waals surface area (Å²) in [5, 5.41) is 11.7. The number of ether oxygens (including phenoxy) is 1. The van der Waals surface area contributed by atoms with Gasteiger partial charge in [-0.15, -0.1) is 5.10 Å². The van der Waals surface area contributed by atoms with Crippen molar-refractivity contribution < 1.29 is 14.1 Å². The highest BCUT2D eigenvalue weighted by molar-refractivity contribution is 5.88. The smallest absolute Gasteiger partial charge is 0.360 e. The van der Waals surface area contributed by atoms with Crippen molar-refractivity contribution >= 4 is 5.97 Å². The van der Waals surface area contributed by atoms with Crippen LogP contribution in [0.25, 0.3) is 0 Å². The Morgan fingerprint density at radius 2 is 2.10 bits per heavy atom. The molecule has 2 aromatic heterocycles. The molecule has 0 bridgehead atoms. The molecule has 0 fully saturated rings. The summed E-state index contributed by atoms with van der Waals surface area (Å²) < 4.78 is 11.7. The van der Waals surface area contributed by atoms with Gasteiger partial charge in [-0.3, -0.25) is 0 Å². The quantitative estimate of drug-likeness (QED) is 0.788. The molecule has 0 unspecified atom stereocenters. The van der Waals surface area contributed by atoms with Crippen LogP contribution in [0.4, 0.5) is 0 Å². The molecule has 0 aliphatic carbocycles. The summed E-state index contributed by atoms with van der Waals surface area (Å²) in [6, 6.07) is 0. The summed E-state index contributed by atoms with van der Waals surface area (Å²) in [5.74, 6) is 0.488. The Morgan fingerprint density at radius 3 is 2.62 bits per heavy atom. The minimum atomic E-state index is -0.476. The lowest BCUT2D eigenvalue weighted by Gasteiger charge is -2.20. The van der Waals surface area contributed by atoms with Gasteiger partial charge in [0.15, 0.2) is 11.5 Å². The van der Waals surface area contributed by atoms with E-state index in [1.807, 2.05) is 20.8 Å². The molecule has 0 atom stereocenters. The lowest BCUT2D eigenvalue weighted by atomic mass is 9.90.